The smallest absolute Gasteiger partial charge is 0.371 e. The first-order valence-corrected chi connectivity index (χ1v) is 7.06. The van der Waals surface area contributed by atoms with Gasteiger partial charge >= 0.3 is 5.97 Å². The summed E-state index contributed by atoms with van der Waals surface area (Å²) in [6.45, 7) is 4.44. The number of hydrogen-bond acceptors (Lipinski definition) is 3. The first-order chi connectivity index (χ1) is 9.11. The van der Waals surface area contributed by atoms with E-state index in [1.807, 2.05) is 0 Å². The zero-order chi connectivity index (χ0) is 13.8. The second kappa shape index (κ2) is 6.24. The summed E-state index contributed by atoms with van der Waals surface area (Å²) in [5.41, 5.74) is 0.845. The highest BCUT2D eigenvalue weighted by molar-refractivity contribution is 5.84. The molecule has 2 unspecified atom stereocenters. The van der Waals surface area contributed by atoms with Crippen LogP contribution in [0.1, 0.15) is 60.9 Å². The molecule has 0 spiro atoms. The van der Waals surface area contributed by atoms with Crippen molar-refractivity contribution in [2.45, 2.75) is 58.7 Å². The molecule has 0 amide bonds. The molecule has 0 radical (unpaired) electrons. The Kier molecular flexibility index (Phi) is 4.64. The molecule has 0 aliphatic heterocycles. The van der Waals surface area contributed by atoms with Crippen molar-refractivity contribution in [1.29, 1.82) is 0 Å². The molecule has 4 heteroatoms. The second-order valence-corrected chi connectivity index (χ2v) is 5.30. The van der Waals surface area contributed by atoms with Crippen molar-refractivity contribution >= 4 is 5.97 Å². The summed E-state index contributed by atoms with van der Waals surface area (Å²) in [4.78, 5) is 10.8. The Morgan fingerprint density at radius 1 is 1.47 bits per heavy atom. The molecule has 1 aliphatic rings. The molecule has 2 rings (SSSR count). The van der Waals surface area contributed by atoms with Crippen molar-refractivity contribution in [3.05, 3.63) is 23.2 Å². The van der Waals surface area contributed by atoms with Crippen LogP contribution in [-0.4, -0.2) is 17.2 Å². The molecule has 1 aliphatic carbocycles. The van der Waals surface area contributed by atoms with Crippen LogP contribution in [0.5, 0.6) is 0 Å². The van der Waals surface area contributed by atoms with E-state index < -0.39 is 5.97 Å². The van der Waals surface area contributed by atoms with E-state index in [2.05, 4.69) is 6.92 Å². The molecular formula is C15H22O4. The van der Waals surface area contributed by atoms with E-state index in [4.69, 9.17) is 14.3 Å². The standard InChI is InChI=1S/C15H22O4/c1-3-11-6-4-5-7-13(11)18-9-12-8-14(15(16)17)19-10(12)2/h8,11,13H,3-7,9H2,1-2H3,(H,16,17). The van der Waals surface area contributed by atoms with Gasteiger partial charge in [-0.15, -0.1) is 0 Å². The third-order valence-corrected chi connectivity index (χ3v) is 4.05. The number of carbonyl (C=O) groups is 1. The van der Waals surface area contributed by atoms with Crippen LogP contribution >= 0.6 is 0 Å². The lowest BCUT2D eigenvalue weighted by Crippen LogP contribution is -2.27. The van der Waals surface area contributed by atoms with Crippen molar-refractivity contribution in [2.24, 2.45) is 5.92 Å². The summed E-state index contributed by atoms with van der Waals surface area (Å²) >= 11 is 0. The van der Waals surface area contributed by atoms with Crippen molar-refractivity contribution in [1.82, 2.24) is 0 Å². The maximum absolute atomic E-state index is 10.8. The highest BCUT2D eigenvalue weighted by Crippen LogP contribution is 2.30. The summed E-state index contributed by atoms with van der Waals surface area (Å²) in [6, 6.07) is 1.57. The minimum Gasteiger partial charge on any atom is -0.475 e. The molecule has 2 atom stereocenters. The van der Waals surface area contributed by atoms with Crippen LogP contribution in [-0.2, 0) is 11.3 Å². The number of furan rings is 1. The number of carboxylic acid groups (broad SMARTS) is 1. The zero-order valence-electron chi connectivity index (χ0n) is 11.6. The fraction of sp³-hybridized carbons (Fsp3) is 0.667. The predicted molar refractivity (Wildman–Crippen MR) is 71.2 cm³/mol. The van der Waals surface area contributed by atoms with Gasteiger partial charge in [-0.1, -0.05) is 26.2 Å². The van der Waals surface area contributed by atoms with Gasteiger partial charge in [0.1, 0.15) is 5.76 Å². The monoisotopic (exact) mass is 266 g/mol. The molecule has 19 heavy (non-hydrogen) atoms. The molecule has 1 heterocycles. The normalized spacial score (nSPS) is 23.5. The second-order valence-electron chi connectivity index (χ2n) is 5.30. The molecule has 1 aromatic heterocycles. The summed E-state index contributed by atoms with van der Waals surface area (Å²) in [5, 5.41) is 8.89. The predicted octanol–water partition coefficient (Wildman–Crippen LogP) is 3.77. The van der Waals surface area contributed by atoms with Crippen LogP contribution in [0.15, 0.2) is 10.5 Å². The number of hydrogen-bond donors (Lipinski definition) is 1. The maximum Gasteiger partial charge on any atom is 0.371 e. The molecule has 1 aromatic rings. The third-order valence-electron chi connectivity index (χ3n) is 4.05. The SMILES string of the molecule is CCC1CCCCC1OCc1cc(C(=O)O)oc1C. The number of ether oxygens (including phenoxy) is 1. The van der Waals surface area contributed by atoms with Crippen molar-refractivity contribution < 1.29 is 19.1 Å². The summed E-state index contributed by atoms with van der Waals surface area (Å²) in [7, 11) is 0. The van der Waals surface area contributed by atoms with E-state index in [9.17, 15) is 4.79 Å². The Morgan fingerprint density at radius 3 is 2.84 bits per heavy atom. The lowest BCUT2D eigenvalue weighted by molar-refractivity contribution is -0.0225. The van der Waals surface area contributed by atoms with Gasteiger partial charge < -0.3 is 14.3 Å². The van der Waals surface area contributed by atoms with Crippen LogP contribution in [0.4, 0.5) is 0 Å². The largest absolute Gasteiger partial charge is 0.475 e. The van der Waals surface area contributed by atoms with E-state index in [1.165, 1.54) is 19.3 Å². The van der Waals surface area contributed by atoms with Crippen molar-refractivity contribution in [2.75, 3.05) is 0 Å². The third kappa shape index (κ3) is 3.38. The Labute approximate surface area is 113 Å². The van der Waals surface area contributed by atoms with E-state index in [0.29, 0.717) is 24.4 Å². The van der Waals surface area contributed by atoms with Gasteiger partial charge in [0.25, 0.3) is 0 Å². The van der Waals surface area contributed by atoms with Gasteiger partial charge in [-0.25, -0.2) is 4.79 Å². The average molecular weight is 266 g/mol. The van der Waals surface area contributed by atoms with Crippen molar-refractivity contribution in [3.63, 3.8) is 0 Å². The van der Waals surface area contributed by atoms with Crippen LogP contribution in [0.3, 0.4) is 0 Å². The van der Waals surface area contributed by atoms with Gasteiger partial charge in [-0.2, -0.15) is 0 Å². The van der Waals surface area contributed by atoms with E-state index in [1.54, 1.807) is 13.0 Å². The average Bonchev–Trinajstić information content (AvgIpc) is 2.78. The summed E-state index contributed by atoms with van der Waals surface area (Å²) < 4.78 is 11.2. The minimum absolute atomic E-state index is 0.00761. The lowest BCUT2D eigenvalue weighted by Gasteiger charge is -2.30. The molecule has 1 saturated carbocycles. The maximum atomic E-state index is 10.8. The lowest BCUT2D eigenvalue weighted by atomic mass is 9.85. The minimum atomic E-state index is -1.03. The quantitative estimate of drug-likeness (QED) is 0.881. The fourth-order valence-electron chi connectivity index (χ4n) is 2.83. The fourth-order valence-corrected chi connectivity index (χ4v) is 2.83. The Balaban J connectivity index is 1.96. The number of rotatable bonds is 5. The van der Waals surface area contributed by atoms with Crippen LogP contribution in [0.2, 0.25) is 0 Å². The van der Waals surface area contributed by atoms with Gasteiger partial charge in [0, 0.05) is 5.56 Å². The highest BCUT2D eigenvalue weighted by atomic mass is 16.5. The van der Waals surface area contributed by atoms with Crippen molar-refractivity contribution in [3.8, 4) is 0 Å². The van der Waals surface area contributed by atoms with Gasteiger partial charge in [0.15, 0.2) is 0 Å². The van der Waals surface area contributed by atoms with E-state index in [0.717, 1.165) is 18.4 Å². The van der Waals surface area contributed by atoms with Gasteiger partial charge in [-0.3, -0.25) is 0 Å². The number of aromatic carboxylic acids is 1. The molecule has 0 aromatic carbocycles. The Morgan fingerprint density at radius 2 is 2.21 bits per heavy atom. The van der Waals surface area contributed by atoms with E-state index in [-0.39, 0.29) is 5.76 Å². The Bertz CT molecular complexity index is 435. The first kappa shape index (κ1) is 14.1. The molecule has 0 saturated heterocycles. The van der Waals surface area contributed by atoms with Crippen LogP contribution in [0, 0.1) is 12.8 Å². The Hall–Kier alpha value is -1.29. The highest BCUT2D eigenvalue weighted by Gasteiger charge is 2.24. The molecule has 4 nitrogen and oxygen atoms in total. The van der Waals surface area contributed by atoms with Crippen LogP contribution < -0.4 is 0 Å². The zero-order valence-corrected chi connectivity index (χ0v) is 11.6. The number of carboxylic acids is 1. The molecule has 106 valence electrons. The van der Waals surface area contributed by atoms with E-state index >= 15 is 0 Å². The molecule has 1 fully saturated rings. The molecular weight excluding hydrogens is 244 g/mol. The van der Waals surface area contributed by atoms with Gasteiger partial charge in [0.2, 0.25) is 5.76 Å². The van der Waals surface area contributed by atoms with Crippen LogP contribution in [0.25, 0.3) is 0 Å². The van der Waals surface area contributed by atoms with Gasteiger partial charge in [0.05, 0.1) is 12.7 Å². The van der Waals surface area contributed by atoms with Gasteiger partial charge in [-0.05, 0) is 31.7 Å². The molecule has 0 bridgehead atoms. The first-order valence-electron chi connectivity index (χ1n) is 7.06. The topological polar surface area (TPSA) is 59.7 Å². The molecule has 1 N–H and O–H groups in total. The summed E-state index contributed by atoms with van der Waals surface area (Å²) in [6.07, 6.45) is 6.34. The summed E-state index contributed by atoms with van der Waals surface area (Å²) in [5.74, 6) is 0.242. The number of aryl methyl sites for hydroxylation is 1.